The Morgan fingerprint density at radius 2 is 1.51 bits per heavy atom. The van der Waals surface area contributed by atoms with Crippen LogP contribution in [0.3, 0.4) is 0 Å². The Hall–Kier alpha value is -3.68. The summed E-state index contributed by atoms with van der Waals surface area (Å²) in [5, 5.41) is 11.8. The van der Waals surface area contributed by atoms with Crippen molar-refractivity contribution in [1.29, 1.82) is 0 Å². The van der Waals surface area contributed by atoms with Gasteiger partial charge in [-0.15, -0.1) is 0 Å². The molecule has 1 aliphatic heterocycles. The predicted octanol–water partition coefficient (Wildman–Crippen LogP) is 3.75. The molecule has 1 saturated heterocycles. The van der Waals surface area contributed by atoms with Crippen LogP contribution >= 0.6 is 0 Å². The van der Waals surface area contributed by atoms with Gasteiger partial charge in [0.15, 0.2) is 0 Å². The molecule has 0 unspecified atom stereocenters. The van der Waals surface area contributed by atoms with Crippen molar-refractivity contribution in [3.8, 4) is 0 Å². The number of amides is 3. The number of rotatable bonds is 11. The van der Waals surface area contributed by atoms with Crippen LogP contribution in [0.25, 0.3) is 0 Å². The van der Waals surface area contributed by atoms with Gasteiger partial charge >= 0.3 is 6.03 Å². The lowest BCUT2D eigenvalue weighted by atomic mass is 9.89. The maximum Gasteiger partial charge on any atom is 0.317 e. The number of carbonyl (C=O) groups excluding carboxylic acids is 2. The highest BCUT2D eigenvalue weighted by Gasteiger charge is 2.35. The van der Waals surface area contributed by atoms with Crippen LogP contribution in [0.1, 0.15) is 88.5 Å². The second kappa shape index (κ2) is 15.5. The Balaban J connectivity index is 2.05. The number of sulfonamides is 1. The van der Waals surface area contributed by atoms with E-state index in [9.17, 15) is 18.0 Å². The second-order valence-electron chi connectivity index (χ2n) is 12.3. The van der Waals surface area contributed by atoms with Crippen LogP contribution in [0.15, 0.2) is 46.3 Å². The minimum atomic E-state index is -4.18. The number of nitrogens with zero attached hydrogens (tertiary/aromatic N) is 3. The van der Waals surface area contributed by atoms with E-state index in [4.69, 9.17) is 10.9 Å². The van der Waals surface area contributed by atoms with Crippen LogP contribution < -0.4 is 21.3 Å². The minimum absolute atomic E-state index is 0.0442. The van der Waals surface area contributed by atoms with Crippen molar-refractivity contribution in [2.24, 2.45) is 10.7 Å². The third-order valence-corrected chi connectivity index (χ3v) is 9.47. The summed E-state index contributed by atoms with van der Waals surface area (Å²) in [7, 11) is -4.18. The van der Waals surface area contributed by atoms with Gasteiger partial charge in [0.05, 0.1) is 10.6 Å². The summed E-state index contributed by atoms with van der Waals surface area (Å²) in [5.41, 5.74) is 10.9. The molecule has 0 aromatic heterocycles. The summed E-state index contributed by atoms with van der Waals surface area (Å²) in [6.45, 7) is 15.6. The third-order valence-electron chi connectivity index (χ3n) is 7.86. The molecular formula is C32H49N7O5S. The van der Waals surface area contributed by atoms with Crippen LogP contribution in [-0.2, 0) is 21.2 Å². The monoisotopic (exact) mass is 643 g/mol. The van der Waals surface area contributed by atoms with Gasteiger partial charge < -0.3 is 20.9 Å². The first-order chi connectivity index (χ1) is 21.2. The summed E-state index contributed by atoms with van der Waals surface area (Å²) in [6, 6.07) is 9.46. The third kappa shape index (κ3) is 9.18. The number of nitrogens with one attached hydrogen (secondary N) is 3. The predicted molar refractivity (Wildman–Crippen MR) is 176 cm³/mol. The van der Waals surface area contributed by atoms with E-state index >= 15 is 0 Å². The lowest BCUT2D eigenvalue weighted by molar-refractivity contribution is -0.134. The molecule has 1 aliphatic rings. The lowest BCUT2D eigenvalue weighted by Gasteiger charge is -2.36. The van der Waals surface area contributed by atoms with Gasteiger partial charge in [-0.1, -0.05) is 65.8 Å². The van der Waals surface area contributed by atoms with Crippen LogP contribution in [-0.4, -0.2) is 80.1 Å². The maximum atomic E-state index is 14.4. The minimum Gasteiger partial charge on any atom is -0.368 e. The van der Waals surface area contributed by atoms with Gasteiger partial charge in [0, 0.05) is 32.7 Å². The fraction of sp³-hybridized carbons (Fsp3) is 0.531. The van der Waals surface area contributed by atoms with Crippen molar-refractivity contribution in [1.82, 2.24) is 25.3 Å². The number of hydrogen-bond acceptors (Lipinski definition) is 6. The Bertz CT molecular complexity index is 1450. The summed E-state index contributed by atoms with van der Waals surface area (Å²) < 4.78 is 31.6. The molecule has 13 heteroatoms. The maximum absolute atomic E-state index is 14.4. The van der Waals surface area contributed by atoms with Crippen molar-refractivity contribution < 1.29 is 23.2 Å². The molecule has 2 aromatic rings. The average Bonchev–Trinajstić information content (AvgIpc) is 2.99. The van der Waals surface area contributed by atoms with Gasteiger partial charge in [-0.05, 0) is 65.5 Å². The van der Waals surface area contributed by atoms with Gasteiger partial charge in [0.2, 0.25) is 21.9 Å². The number of benzene rings is 2. The van der Waals surface area contributed by atoms with Gasteiger partial charge in [-0.2, -0.15) is 4.72 Å². The molecule has 248 valence electrons. The Labute approximate surface area is 267 Å². The molecule has 0 aliphatic carbocycles. The first-order valence-corrected chi connectivity index (χ1v) is 17.0. The average molecular weight is 644 g/mol. The molecule has 0 saturated carbocycles. The van der Waals surface area contributed by atoms with Gasteiger partial charge in [-0.25, -0.2) is 23.7 Å². The highest BCUT2D eigenvalue weighted by atomic mass is 32.2. The van der Waals surface area contributed by atoms with Crippen molar-refractivity contribution in [2.75, 3.05) is 32.7 Å². The molecule has 6 N–H and O–H groups in total. The molecule has 45 heavy (non-hydrogen) atoms. The Kier molecular flexibility index (Phi) is 12.4. The summed E-state index contributed by atoms with van der Waals surface area (Å²) in [5.74, 6) is -0.538. The van der Waals surface area contributed by atoms with E-state index in [-0.39, 0.29) is 60.1 Å². The molecule has 12 nitrogen and oxygen atoms in total. The Morgan fingerprint density at radius 3 is 2.02 bits per heavy atom. The van der Waals surface area contributed by atoms with Gasteiger partial charge in [-0.3, -0.25) is 10.0 Å². The van der Waals surface area contributed by atoms with E-state index in [1.165, 1.54) is 0 Å². The molecular weight excluding hydrogens is 594 g/mol. The first kappa shape index (κ1) is 35.8. The van der Waals surface area contributed by atoms with E-state index in [1.54, 1.807) is 39.5 Å². The number of carbonyl (C=O) groups is 2. The van der Waals surface area contributed by atoms with Crippen molar-refractivity contribution in [2.45, 2.75) is 83.6 Å². The number of urea groups is 1. The molecule has 1 atom stereocenters. The van der Waals surface area contributed by atoms with E-state index in [1.807, 2.05) is 46.8 Å². The van der Waals surface area contributed by atoms with Crippen molar-refractivity contribution >= 4 is 33.6 Å². The van der Waals surface area contributed by atoms with Crippen LogP contribution in [0.2, 0.25) is 0 Å². The van der Waals surface area contributed by atoms with Crippen LogP contribution in [0, 0.1) is 0 Å². The number of guanidine groups is 1. The standard InChI is InChI=1S/C32H49N7O5S/c1-8-34-32(41)39-14-12-38(13-15-39)30(40)28(17-23-10-9-11-25(16-23)35-31(33)36-42)37-45(43,44)29-26(21(4)5)18-24(20(2)3)19-27(29)22(6)7/h9-11,16,18-22,28,37,42H,8,12-15,17H2,1-7H3,(H,34,41)(H3,33,35,36)/t28-/m1/s1. The molecule has 2 aromatic carbocycles. The molecule has 0 radical (unpaired) electrons. The van der Waals surface area contributed by atoms with Gasteiger partial charge in [0.25, 0.3) is 0 Å². The largest absolute Gasteiger partial charge is 0.368 e. The van der Waals surface area contributed by atoms with Crippen molar-refractivity contribution in [3.63, 3.8) is 0 Å². The van der Waals surface area contributed by atoms with Crippen LogP contribution in [0.4, 0.5) is 10.5 Å². The summed E-state index contributed by atoms with van der Waals surface area (Å²) in [4.78, 5) is 34.0. The number of hydroxylamine groups is 1. The van der Waals surface area contributed by atoms with E-state index < -0.39 is 16.1 Å². The first-order valence-electron chi connectivity index (χ1n) is 15.5. The van der Waals surface area contributed by atoms with E-state index in [0.29, 0.717) is 42.0 Å². The number of aliphatic imine (C=N–C) groups is 1. The second-order valence-corrected chi connectivity index (χ2v) is 13.9. The number of piperazine rings is 1. The number of nitrogens with two attached hydrogens (primary N) is 1. The SMILES string of the molecule is CCNC(=O)N1CCN(C(=O)[C@@H](Cc2cccc(N=C(N)NO)c2)NS(=O)(=O)c2c(C(C)C)cc(C(C)C)cc2C(C)C)CC1. The molecule has 3 rings (SSSR count). The lowest BCUT2D eigenvalue weighted by Crippen LogP contribution is -2.57. The molecule has 0 bridgehead atoms. The van der Waals surface area contributed by atoms with Crippen LogP contribution in [0.5, 0.6) is 0 Å². The molecule has 0 spiro atoms. The summed E-state index contributed by atoms with van der Waals surface area (Å²) >= 11 is 0. The fourth-order valence-corrected chi connectivity index (χ4v) is 7.28. The highest BCUT2D eigenvalue weighted by Crippen LogP contribution is 2.35. The zero-order chi connectivity index (χ0) is 33.5. The van der Waals surface area contributed by atoms with Crippen molar-refractivity contribution in [3.05, 3.63) is 58.7 Å². The zero-order valence-electron chi connectivity index (χ0n) is 27.4. The normalized spacial score (nSPS) is 15.1. The van der Waals surface area contributed by atoms with E-state index in [0.717, 1.165) is 5.56 Å². The smallest absolute Gasteiger partial charge is 0.317 e. The highest BCUT2D eigenvalue weighted by molar-refractivity contribution is 7.89. The van der Waals surface area contributed by atoms with Gasteiger partial charge in [0.1, 0.15) is 6.04 Å². The molecule has 1 fully saturated rings. The zero-order valence-corrected chi connectivity index (χ0v) is 28.2. The number of hydrogen-bond donors (Lipinski definition) is 5. The fourth-order valence-electron chi connectivity index (χ4n) is 5.39. The topological polar surface area (TPSA) is 169 Å². The molecule has 3 amide bonds. The Morgan fingerprint density at radius 1 is 0.933 bits per heavy atom. The van der Waals surface area contributed by atoms with E-state index in [2.05, 4.69) is 28.9 Å². The summed E-state index contributed by atoms with van der Waals surface area (Å²) in [6.07, 6.45) is 0.0442. The molecule has 1 heterocycles. The quantitative estimate of drug-likeness (QED) is 0.141.